The number of nitro benzene ring substituents is 1. The van der Waals surface area contributed by atoms with E-state index in [0.717, 1.165) is 41.5 Å². The van der Waals surface area contributed by atoms with Gasteiger partial charge in [0.15, 0.2) is 5.82 Å². The number of β-amino-alcohol motifs (C(OH)–C–C–N with tert-alkyl or cyclic N) is 1. The summed E-state index contributed by atoms with van der Waals surface area (Å²) in [6.07, 6.45) is 1.53. The zero-order chi connectivity index (χ0) is 19.3. The van der Waals surface area contributed by atoms with Crippen LogP contribution in [0.15, 0.2) is 36.4 Å². The molecule has 0 aliphatic carbocycles. The maximum Gasteiger partial charge on any atom is 0.271 e. The van der Waals surface area contributed by atoms with Crippen molar-refractivity contribution in [2.45, 2.75) is 18.9 Å². The first-order chi connectivity index (χ1) is 13.6. The van der Waals surface area contributed by atoms with Crippen molar-refractivity contribution in [3.8, 4) is 11.5 Å². The molecule has 2 aromatic carbocycles. The number of nitrogens with zero attached hydrogens (tertiary/aromatic N) is 4. The van der Waals surface area contributed by atoms with Gasteiger partial charge in [-0.05, 0) is 37.1 Å². The molecule has 9 heteroatoms. The van der Waals surface area contributed by atoms with Crippen LogP contribution in [-0.4, -0.2) is 49.4 Å². The third-order valence-electron chi connectivity index (χ3n) is 5.21. The van der Waals surface area contributed by atoms with E-state index in [4.69, 9.17) is 0 Å². The van der Waals surface area contributed by atoms with E-state index in [1.54, 1.807) is 6.07 Å². The predicted octanol–water partition coefficient (Wildman–Crippen LogP) is 2.98. The van der Waals surface area contributed by atoms with Gasteiger partial charge in [-0.3, -0.25) is 15.2 Å². The van der Waals surface area contributed by atoms with Gasteiger partial charge in [0, 0.05) is 36.3 Å². The molecule has 5 rings (SSSR count). The third-order valence-corrected chi connectivity index (χ3v) is 5.21. The topological polar surface area (TPSA) is 124 Å². The van der Waals surface area contributed by atoms with Gasteiger partial charge in [-0.15, -0.1) is 0 Å². The Labute approximate surface area is 159 Å². The number of rotatable bonds is 3. The van der Waals surface area contributed by atoms with Gasteiger partial charge in [-0.25, -0.2) is 4.98 Å². The maximum absolute atomic E-state index is 11.0. The maximum atomic E-state index is 11.0. The number of aromatic amines is 2. The fourth-order valence-electron chi connectivity index (χ4n) is 3.80. The van der Waals surface area contributed by atoms with Gasteiger partial charge < -0.3 is 15.0 Å². The van der Waals surface area contributed by atoms with E-state index in [0.29, 0.717) is 23.6 Å². The van der Waals surface area contributed by atoms with Crippen molar-refractivity contribution in [2.24, 2.45) is 0 Å². The standard InChI is InChI=1S/C19H18N6O3/c26-13-2-1-7-24(10-13)11-4-6-15-17(8-11)21-19(20-15)18-14-5-3-12(25(27)28)9-16(14)22-23-18/h3-6,8-9,13,26H,1-2,7,10H2,(H,20,21)(H,22,23). The van der Waals surface area contributed by atoms with E-state index in [2.05, 4.69) is 25.1 Å². The number of aliphatic hydroxyl groups is 1. The first kappa shape index (κ1) is 16.7. The van der Waals surface area contributed by atoms with Crippen molar-refractivity contribution >= 4 is 33.3 Å². The van der Waals surface area contributed by atoms with E-state index < -0.39 is 4.92 Å². The highest BCUT2D eigenvalue weighted by atomic mass is 16.6. The number of aromatic nitrogens is 4. The van der Waals surface area contributed by atoms with Crippen LogP contribution in [0.5, 0.6) is 0 Å². The highest BCUT2D eigenvalue weighted by Crippen LogP contribution is 2.30. The van der Waals surface area contributed by atoms with Crippen molar-refractivity contribution in [2.75, 3.05) is 18.0 Å². The lowest BCUT2D eigenvalue weighted by atomic mass is 10.1. The van der Waals surface area contributed by atoms with Crippen molar-refractivity contribution in [3.63, 3.8) is 0 Å². The van der Waals surface area contributed by atoms with Crippen LogP contribution in [0.3, 0.4) is 0 Å². The molecule has 1 saturated heterocycles. The Morgan fingerprint density at radius 2 is 2.11 bits per heavy atom. The second-order valence-corrected chi connectivity index (χ2v) is 7.09. The Bertz CT molecular complexity index is 1200. The molecule has 1 unspecified atom stereocenters. The first-order valence-electron chi connectivity index (χ1n) is 9.14. The van der Waals surface area contributed by atoms with Gasteiger partial charge in [0.05, 0.1) is 27.6 Å². The molecule has 0 amide bonds. The fourth-order valence-corrected chi connectivity index (χ4v) is 3.80. The number of piperidine rings is 1. The summed E-state index contributed by atoms with van der Waals surface area (Å²) < 4.78 is 0. The Morgan fingerprint density at radius 1 is 1.21 bits per heavy atom. The number of imidazole rings is 1. The monoisotopic (exact) mass is 378 g/mol. The zero-order valence-corrected chi connectivity index (χ0v) is 14.9. The molecule has 28 heavy (non-hydrogen) atoms. The van der Waals surface area contributed by atoms with Gasteiger partial charge in [0.1, 0.15) is 5.69 Å². The lowest BCUT2D eigenvalue weighted by Gasteiger charge is -2.31. The zero-order valence-electron chi connectivity index (χ0n) is 14.9. The quantitative estimate of drug-likeness (QED) is 0.372. The molecule has 4 aromatic rings. The molecule has 1 atom stereocenters. The summed E-state index contributed by atoms with van der Waals surface area (Å²) in [6.45, 7) is 1.56. The number of H-pyrrole nitrogens is 2. The van der Waals surface area contributed by atoms with Crippen molar-refractivity contribution in [3.05, 3.63) is 46.5 Å². The summed E-state index contributed by atoms with van der Waals surface area (Å²) in [6, 6.07) is 10.6. The molecule has 0 saturated carbocycles. The van der Waals surface area contributed by atoms with E-state index in [9.17, 15) is 15.2 Å². The molecule has 1 fully saturated rings. The highest BCUT2D eigenvalue weighted by Gasteiger charge is 2.19. The van der Waals surface area contributed by atoms with Gasteiger partial charge in [-0.1, -0.05) is 0 Å². The molecular formula is C19H18N6O3. The lowest BCUT2D eigenvalue weighted by Crippen LogP contribution is -2.38. The Kier molecular flexibility index (Phi) is 3.76. The lowest BCUT2D eigenvalue weighted by molar-refractivity contribution is -0.384. The summed E-state index contributed by atoms with van der Waals surface area (Å²) in [7, 11) is 0. The molecule has 0 spiro atoms. The normalized spacial score (nSPS) is 17.5. The molecule has 3 heterocycles. The number of hydrogen-bond acceptors (Lipinski definition) is 6. The molecule has 2 aromatic heterocycles. The van der Waals surface area contributed by atoms with Gasteiger partial charge >= 0.3 is 0 Å². The van der Waals surface area contributed by atoms with Crippen LogP contribution >= 0.6 is 0 Å². The predicted molar refractivity (Wildman–Crippen MR) is 105 cm³/mol. The summed E-state index contributed by atoms with van der Waals surface area (Å²) in [4.78, 5) is 20.6. The second-order valence-electron chi connectivity index (χ2n) is 7.09. The SMILES string of the molecule is O=[N+]([O-])c1ccc2c(-c3nc4ccc(N5CCCC(O)C5)cc4[nH]3)n[nH]c2c1. The summed E-state index contributed by atoms with van der Waals surface area (Å²) in [5, 5.41) is 28.8. The number of hydrogen-bond donors (Lipinski definition) is 3. The number of nitrogens with one attached hydrogen (secondary N) is 2. The van der Waals surface area contributed by atoms with Crippen LogP contribution in [0.1, 0.15) is 12.8 Å². The Hall–Kier alpha value is -3.46. The Morgan fingerprint density at radius 3 is 2.93 bits per heavy atom. The molecule has 0 bridgehead atoms. The molecule has 9 nitrogen and oxygen atoms in total. The van der Waals surface area contributed by atoms with Crippen LogP contribution < -0.4 is 4.90 Å². The summed E-state index contributed by atoms with van der Waals surface area (Å²) in [5.41, 5.74) is 3.97. The minimum atomic E-state index is -0.430. The number of aliphatic hydroxyl groups excluding tert-OH is 1. The summed E-state index contributed by atoms with van der Waals surface area (Å²) >= 11 is 0. The molecule has 0 radical (unpaired) electrons. The number of non-ortho nitro benzene ring substituents is 1. The summed E-state index contributed by atoms with van der Waals surface area (Å²) in [5.74, 6) is 0.603. The minimum absolute atomic E-state index is 0.0145. The molecule has 1 aliphatic heterocycles. The minimum Gasteiger partial charge on any atom is -0.391 e. The number of benzene rings is 2. The van der Waals surface area contributed by atoms with Crippen LogP contribution in [0.4, 0.5) is 11.4 Å². The largest absolute Gasteiger partial charge is 0.391 e. The van der Waals surface area contributed by atoms with Crippen molar-refractivity contribution in [1.82, 2.24) is 20.2 Å². The van der Waals surface area contributed by atoms with Crippen molar-refractivity contribution in [1.29, 1.82) is 0 Å². The van der Waals surface area contributed by atoms with Gasteiger partial charge in [-0.2, -0.15) is 5.10 Å². The smallest absolute Gasteiger partial charge is 0.271 e. The van der Waals surface area contributed by atoms with Crippen LogP contribution in [0.25, 0.3) is 33.5 Å². The fraction of sp³-hybridized carbons (Fsp3) is 0.263. The van der Waals surface area contributed by atoms with E-state index in [1.165, 1.54) is 12.1 Å². The average molecular weight is 378 g/mol. The number of nitro groups is 1. The Balaban J connectivity index is 1.53. The molecule has 1 aliphatic rings. The van der Waals surface area contributed by atoms with Gasteiger partial charge in [0.2, 0.25) is 0 Å². The van der Waals surface area contributed by atoms with Crippen LogP contribution in [0.2, 0.25) is 0 Å². The molecule has 142 valence electrons. The molecular weight excluding hydrogens is 360 g/mol. The first-order valence-corrected chi connectivity index (χ1v) is 9.14. The second kappa shape index (κ2) is 6.31. The van der Waals surface area contributed by atoms with E-state index in [-0.39, 0.29) is 11.8 Å². The number of anilines is 1. The van der Waals surface area contributed by atoms with Crippen LogP contribution in [-0.2, 0) is 0 Å². The van der Waals surface area contributed by atoms with Crippen molar-refractivity contribution < 1.29 is 10.0 Å². The number of fused-ring (bicyclic) bond motifs is 2. The van der Waals surface area contributed by atoms with Crippen LogP contribution in [0, 0.1) is 10.1 Å². The average Bonchev–Trinajstić information content (AvgIpc) is 3.30. The van der Waals surface area contributed by atoms with E-state index >= 15 is 0 Å². The van der Waals surface area contributed by atoms with Gasteiger partial charge in [0.25, 0.3) is 5.69 Å². The highest BCUT2D eigenvalue weighted by molar-refractivity contribution is 5.94. The third kappa shape index (κ3) is 2.76. The van der Waals surface area contributed by atoms with E-state index in [1.807, 2.05) is 18.2 Å². The molecule has 3 N–H and O–H groups in total.